The number of ether oxygens (including phenoxy) is 1. The fraction of sp³-hybridized carbons (Fsp3) is 0.429. The molecule has 0 saturated heterocycles. The minimum atomic E-state index is -4.87. The molecule has 0 amide bonds. The molecule has 1 atom stereocenters. The van der Waals surface area contributed by atoms with Gasteiger partial charge in [-0.3, -0.25) is 0 Å². The molecule has 1 unspecified atom stereocenters. The third kappa shape index (κ3) is 4.28. The molecule has 0 fully saturated rings. The van der Waals surface area contributed by atoms with Crippen LogP contribution in [0.15, 0.2) is 24.3 Å². The highest BCUT2D eigenvalue weighted by Crippen LogP contribution is 2.39. The first-order valence-electron chi connectivity index (χ1n) is 9.25. The van der Waals surface area contributed by atoms with Crippen LogP contribution in [-0.2, 0) is 12.8 Å². The normalized spacial score (nSPS) is 16.8. The molecule has 7 heteroatoms. The molecule has 0 spiro atoms. The van der Waals surface area contributed by atoms with Gasteiger partial charge in [-0.15, -0.1) is 13.2 Å². The largest absolute Gasteiger partial charge is 0.573 e. The van der Waals surface area contributed by atoms with E-state index in [9.17, 15) is 22.0 Å². The van der Waals surface area contributed by atoms with E-state index in [0.29, 0.717) is 19.3 Å². The van der Waals surface area contributed by atoms with Crippen LogP contribution in [-0.4, -0.2) is 6.36 Å². The van der Waals surface area contributed by atoms with Crippen molar-refractivity contribution >= 4 is 0 Å². The van der Waals surface area contributed by atoms with Crippen LogP contribution in [0.4, 0.5) is 26.3 Å². The zero-order valence-electron chi connectivity index (χ0n) is 15.3. The maximum Gasteiger partial charge on any atom is 0.573 e. The fourth-order valence-corrected chi connectivity index (χ4v) is 3.78. The van der Waals surface area contributed by atoms with Crippen LogP contribution in [0.2, 0.25) is 0 Å². The SMILES string of the molecule is CCCCC1CCc2c(F)c(-c3ccc(OC(F)(F)F)cc3)c(F)c(F)c2C1. The van der Waals surface area contributed by atoms with Gasteiger partial charge in [0.2, 0.25) is 0 Å². The molecule has 2 aromatic rings. The van der Waals surface area contributed by atoms with Crippen LogP contribution in [0.1, 0.15) is 43.7 Å². The standard InChI is InChI=1S/C21H20F6O/c1-2-3-4-12-5-10-15-16(11-12)19(23)20(24)17(18(15)22)13-6-8-14(9-7-13)28-21(25,26)27/h6-9,12H,2-5,10-11H2,1H3. The summed E-state index contributed by atoms with van der Waals surface area (Å²) in [5.74, 6) is -3.54. The van der Waals surface area contributed by atoms with Crippen LogP contribution >= 0.6 is 0 Å². The third-order valence-electron chi connectivity index (χ3n) is 5.16. The molecule has 0 N–H and O–H groups in total. The molecular formula is C21H20F6O. The van der Waals surface area contributed by atoms with Gasteiger partial charge in [-0.1, -0.05) is 38.3 Å². The van der Waals surface area contributed by atoms with Crippen LogP contribution in [0.3, 0.4) is 0 Å². The van der Waals surface area contributed by atoms with E-state index < -0.39 is 35.1 Å². The molecule has 28 heavy (non-hydrogen) atoms. The van der Waals surface area contributed by atoms with Gasteiger partial charge >= 0.3 is 6.36 Å². The highest BCUT2D eigenvalue weighted by Gasteiger charge is 2.32. The molecule has 0 saturated carbocycles. The van der Waals surface area contributed by atoms with Gasteiger partial charge in [0, 0.05) is 0 Å². The molecule has 0 aromatic heterocycles. The fourth-order valence-electron chi connectivity index (χ4n) is 3.78. The minimum absolute atomic E-state index is 0.0423. The summed E-state index contributed by atoms with van der Waals surface area (Å²) < 4.78 is 84.9. The maximum absolute atomic E-state index is 15.0. The van der Waals surface area contributed by atoms with Crippen LogP contribution in [0.25, 0.3) is 11.1 Å². The third-order valence-corrected chi connectivity index (χ3v) is 5.16. The lowest BCUT2D eigenvalue weighted by molar-refractivity contribution is -0.274. The molecule has 3 rings (SSSR count). The Labute approximate surface area is 159 Å². The van der Waals surface area contributed by atoms with E-state index >= 15 is 4.39 Å². The predicted octanol–water partition coefficient (Wildman–Crippen LogP) is 6.96. The Morgan fingerprint density at radius 1 is 0.964 bits per heavy atom. The van der Waals surface area contributed by atoms with Crippen LogP contribution < -0.4 is 4.74 Å². The smallest absolute Gasteiger partial charge is 0.406 e. The molecule has 2 aromatic carbocycles. The van der Waals surface area contributed by atoms with Gasteiger partial charge in [0.25, 0.3) is 0 Å². The van der Waals surface area contributed by atoms with Gasteiger partial charge in [-0.25, -0.2) is 13.2 Å². The number of hydrogen-bond acceptors (Lipinski definition) is 1. The molecular weight excluding hydrogens is 382 g/mol. The van der Waals surface area contributed by atoms with Gasteiger partial charge in [-0.05, 0) is 54.0 Å². The Bertz CT molecular complexity index is 842. The Hall–Kier alpha value is -2.18. The van der Waals surface area contributed by atoms with Crippen molar-refractivity contribution in [2.24, 2.45) is 5.92 Å². The van der Waals surface area contributed by atoms with E-state index in [1.54, 1.807) is 0 Å². The average Bonchev–Trinajstić information content (AvgIpc) is 2.64. The van der Waals surface area contributed by atoms with Crippen LogP contribution in [0.5, 0.6) is 5.75 Å². The van der Waals surface area contributed by atoms with Gasteiger partial charge in [0.1, 0.15) is 11.6 Å². The number of hydrogen-bond donors (Lipinski definition) is 0. The summed E-state index contributed by atoms with van der Waals surface area (Å²) in [6.07, 6.45) is -0.681. The van der Waals surface area contributed by atoms with Crippen molar-refractivity contribution in [3.05, 3.63) is 52.8 Å². The second-order valence-corrected chi connectivity index (χ2v) is 7.10. The van der Waals surface area contributed by atoms with Crippen molar-refractivity contribution in [2.75, 3.05) is 0 Å². The lowest BCUT2D eigenvalue weighted by Crippen LogP contribution is -2.19. The monoisotopic (exact) mass is 402 g/mol. The molecule has 1 aliphatic carbocycles. The highest BCUT2D eigenvalue weighted by atomic mass is 19.4. The predicted molar refractivity (Wildman–Crippen MR) is 93.5 cm³/mol. The average molecular weight is 402 g/mol. The summed E-state index contributed by atoms with van der Waals surface area (Å²) in [6.45, 7) is 2.05. The Balaban J connectivity index is 1.95. The molecule has 0 aliphatic heterocycles. The van der Waals surface area contributed by atoms with E-state index in [1.165, 1.54) is 0 Å². The Morgan fingerprint density at radius 3 is 2.25 bits per heavy atom. The van der Waals surface area contributed by atoms with Gasteiger partial charge in [0.15, 0.2) is 11.6 Å². The van der Waals surface area contributed by atoms with Crippen molar-refractivity contribution < 1.29 is 31.1 Å². The summed E-state index contributed by atoms with van der Waals surface area (Å²) in [5, 5.41) is 0. The summed E-state index contributed by atoms with van der Waals surface area (Å²) in [5.41, 5.74) is -0.346. The molecule has 0 heterocycles. The zero-order valence-corrected chi connectivity index (χ0v) is 15.3. The number of unbranched alkanes of at least 4 members (excludes halogenated alkanes) is 1. The van der Waals surface area contributed by atoms with Crippen molar-refractivity contribution in [3.63, 3.8) is 0 Å². The molecule has 1 nitrogen and oxygen atoms in total. The van der Waals surface area contributed by atoms with Gasteiger partial charge in [0.05, 0.1) is 5.56 Å². The lowest BCUT2D eigenvalue weighted by atomic mass is 9.79. The van der Waals surface area contributed by atoms with E-state index in [2.05, 4.69) is 4.74 Å². The topological polar surface area (TPSA) is 9.23 Å². The zero-order chi connectivity index (χ0) is 20.5. The number of rotatable bonds is 5. The number of alkyl halides is 3. The van der Waals surface area contributed by atoms with E-state index in [-0.39, 0.29) is 22.6 Å². The first kappa shape index (κ1) is 20.6. The lowest BCUT2D eigenvalue weighted by Gasteiger charge is -2.26. The summed E-state index contributed by atoms with van der Waals surface area (Å²) in [6, 6.07) is 4.06. The van der Waals surface area contributed by atoms with E-state index in [1.807, 2.05) is 6.92 Å². The molecule has 152 valence electrons. The maximum atomic E-state index is 15.0. The summed E-state index contributed by atoms with van der Waals surface area (Å²) >= 11 is 0. The quantitative estimate of drug-likeness (QED) is 0.388. The summed E-state index contributed by atoms with van der Waals surface area (Å²) in [4.78, 5) is 0. The molecule has 0 radical (unpaired) electrons. The second-order valence-electron chi connectivity index (χ2n) is 7.10. The molecule has 0 bridgehead atoms. The number of benzene rings is 2. The van der Waals surface area contributed by atoms with Crippen molar-refractivity contribution in [2.45, 2.75) is 51.8 Å². The van der Waals surface area contributed by atoms with Gasteiger partial charge < -0.3 is 4.74 Å². The number of halogens is 6. The van der Waals surface area contributed by atoms with Gasteiger partial charge in [-0.2, -0.15) is 0 Å². The Morgan fingerprint density at radius 2 is 1.64 bits per heavy atom. The van der Waals surface area contributed by atoms with Crippen LogP contribution in [0, 0.1) is 23.4 Å². The molecule has 1 aliphatic rings. The number of fused-ring (bicyclic) bond motifs is 1. The first-order valence-corrected chi connectivity index (χ1v) is 9.25. The van der Waals surface area contributed by atoms with Crippen molar-refractivity contribution in [1.29, 1.82) is 0 Å². The van der Waals surface area contributed by atoms with Crippen molar-refractivity contribution in [3.8, 4) is 16.9 Å². The highest BCUT2D eigenvalue weighted by molar-refractivity contribution is 5.68. The van der Waals surface area contributed by atoms with Crippen molar-refractivity contribution in [1.82, 2.24) is 0 Å². The van der Waals surface area contributed by atoms with E-state index in [4.69, 9.17) is 0 Å². The summed E-state index contributed by atoms with van der Waals surface area (Å²) in [7, 11) is 0. The minimum Gasteiger partial charge on any atom is -0.406 e. The van der Waals surface area contributed by atoms with E-state index in [0.717, 1.165) is 43.5 Å². The second kappa shape index (κ2) is 8.05. The first-order chi connectivity index (χ1) is 13.2. The Kier molecular flexibility index (Phi) is 5.91.